The van der Waals surface area contributed by atoms with Crippen LogP contribution in [0.4, 0.5) is 34.1 Å². The van der Waals surface area contributed by atoms with E-state index in [0.29, 0.717) is 5.92 Å². The quantitative estimate of drug-likeness (QED) is 0.136. The van der Waals surface area contributed by atoms with Gasteiger partial charge in [0.05, 0.1) is 5.41 Å². The maximum atomic E-state index is 2.54. The van der Waals surface area contributed by atoms with E-state index in [1.807, 2.05) is 0 Å². The number of aryl methyl sites for hydroxylation is 3. The van der Waals surface area contributed by atoms with E-state index in [1.165, 1.54) is 66.8 Å². The maximum absolute atomic E-state index is 2.54. The number of nitrogens with zero attached hydrogens (tertiary/aromatic N) is 2. The van der Waals surface area contributed by atoms with Crippen LogP contribution in [0.5, 0.6) is 0 Å². The summed E-state index contributed by atoms with van der Waals surface area (Å²) in [6.45, 7) is 11.4. The fourth-order valence-corrected chi connectivity index (χ4v) is 10.00. The number of anilines is 6. The Labute approximate surface area is 373 Å². The molecule has 0 unspecified atom stereocenters. The molecule has 1 aliphatic rings. The van der Waals surface area contributed by atoms with E-state index in [1.54, 1.807) is 0 Å². The van der Waals surface area contributed by atoms with Crippen LogP contribution in [-0.4, -0.2) is 0 Å². The van der Waals surface area contributed by atoms with Gasteiger partial charge in [0.15, 0.2) is 0 Å². The lowest BCUT2D eigenvalue weighted by Crippen LogP contribution is -2.29. The molecular formula is C61H52N2. The second kappa shape index (κ2) is 16.5. The van der Waals surface area contributed by atoms with Crippen molar-refractivity contribution in [2.75, 3.05) is 9.80 Å². The van der Waals surface area contributed by atoms with Crippen molar-refractivity contribution in [3.63, 3.8) is 0 Å². The van der Waals surface area contributed by atoms with Gasteiger partial charge in [-0.25, -0.2) is 0 Å². The van der Waals surface area contributed by atoms with Crippen molar-refractivity contribution in [3.05, 3.63) is 263 Å². The molecule has 9 aromatic carbocycles. The van der Waals surface area contributed by atoms with Gasteiger partial charge >= 0.3 is 0 Å². The first-order valence-corrected chi connectivity index (χ1v) is 22.2. The minimum atomic E-state index is -0.618. The smallest absolute Gasteiger partial charge is 0.0713 e. The Hall–Kier alpha value is -7.42. The summed E-state index contributed by atoms with van der Waals surface area (Å²) in [6, 6.07) is 80.6. The average molecular weight is 813 g/mol. The van der Waals surface area contributed by atoms with Gasteiger partial charge in [0.25, 0.3) is 0 Å². The summed E-state index contributed by atoms with van der Waals surface area (Å²) >= 11 is 0. The average Bonchev–Trinajstić information content (AvgIpc) is 3.59. The molecule has 0 bridgehead atoms. The van der Waals surface area contributed by atoms with Crippen LogP contribution < -0.4 is 9.80 Å². The van der Waals surface area contributed by atoms with Gasteiger partial charge in [0.1, 0.15) is 0 Å². The van der Waals surface area contributed by atoms with Crippen LogP contribution in [0, 0.1) is 20.8 Å². The molecule has 10 rings (SSSR count). The predicted molar refractivity (Wildman–Crippen MR) is 267 cm³/mol. The first-order valence-electron chi connectivity index (χ1n) is 22.2. The third-order valence-electron chi connectivity index (χ3n) is 12.9. The van der Waals surface area contributed by atoms with Crippen LogP contribution in [0.1, 0.15) is 64.3 Å². The summed E-state index contributed by atoms with van der Waals surface area (Å²) in [5.41, 5.74) is 21.6. The number of rotatable bonds is 10. The van der Waals surface area contributed by atoms with Gasteiger partial charge in [0.2, 0.25) is 0 Å². The molecule has 0 saturated carbocycles. The lowest BCUT2D eigenvalue weighted by molar-refractivity contribution is 0.767. The molecule has 0 fully saturated rings. The fraction of sp³-hybridized carbons (Fsp3) is 0.115. The van der Waals surface area contributed by atoms with Gasteiger partial charge in [-0.15, -0.1) is 0 Å². The lowest BCUT2D eigenvalue weighted by Gasteiger charge is -2.35. The maximum Gasteiger partial charge on any atom is 0.0713 e. The summed E-state index contributed by atoms with van der Waals surface area (Å²) < 4.78 is 0. The molecule has 0 saturated heterocycles. The highest BCUT2D eigenvalue weighted by molar-refractivity contribution is 5.91. The summed E-state index contributed by atoms with van der Waals surface area (Å²) in [7, 11) is 0. The third-order valence-corrected chi connectivity index (χ3v) is 12.9. The van der Waals surface area contributed by atoms with Gasteiger partial charge < -0.3 is 9.80 Å². The van der Waals surface area contributed by atoms with E-state index < -0.39 is 5.41 Å². The molecule has 0 atom stereocenters. The van der Waals surface area contributed by atoms with E-state index in [-0.39, 0.29) is 0 Å². The fourth-order valence-electron chi connectivity index (χ4n) is 10.00. The number of hydrogen-bond donors (Lipinski definition) is 0. The molecule has 63 heavy (non-hydrogen) atoms. The molecule has 306 valence electrons. The normalized spacial score (nSPS) is 12.5. The van der Waals surface area contributed by atoms with Gasteiger partial charge in [-0.2, -0.15) is 0 Å². The predicted octanol–water partition coefficient (Wildman–Crippen LogP) is 16.7. The second-order valence-corrected chi connectivity index (χ2v) is 17.4. The standard InChI is InChI=1S/C61H52N2/c1-42(2)56-38-43(3)26-36-54(56)57-41-60-58(40-45(57)5)55-37-27-44(4)39-59(55)61(60,46-28-32-52(33-29-46)62(48-18-10-6-11-19-48)49-20-12-7-13-21-49)47-30-34-53(35-31-47)63(50-22-14-8-15-23-50)51-24-16-9-17-25-51/h6-42H,1-5H3. The zero-order valence-electron chi connectivity index (χ0n) is 36.8. The number of fused-ring (bicyclic) bond motifs is 3. The second-order valence-electron chi connectivity index (χ2n) is 17.4. The molecule has 2 heteroatoms. The van der Waals surface area contributed by atoms with Crippen LogP contribution in [0.3, 0.4) is 0 Å². The van der Waals surface area contributed by atoms with E-state index >= 15 is 0 Å². The van der Waals surface area contributed by atoms with Crippen LogP contribution in [-0.2, 0) is 5.41 Å². The summed E-state index contributed by atoms with van der Waals surface area (Å²) in [4.78, 5) is 4.69. The first-order chi connectivity index (χ1) is 30.8. The Morgan fingerprint density at radius 1 is 0.333 bits per heavy atom. The zero-order chi connectivity index (χ0) is 43.1. The number of para-hydroxylation sites is 4. The molecule has 9 aromatic rings. The Balaban J connectivity index is 1.23. The molecule has 0 amide bonds. The van der Waals surface area contributed by atoms with Crippen molar-refractivity contribution in [1.29, 1.82) is 0 Å². The van der Waals surface area contributed by atoms with Crippen LogP contribution >= 0.6 is 0 Å². The summed E-state index contributed by atoms with van der Waals surface area (Å²) in [5, 5.41) is 0. The highest BCUT2D eigenvalue weighted by Crippen LogP contribution is 2.58. The highest BCUT2D eigenvalue weighted by Gasteiger charge is 2.47. The Morgan fingerprint density at radius 3 is 1.14 bits per heavy atom. The van der Waals surface area contributed by atoms with Crippen LogP contribution in [0.2, 0.25) is 0 Å². The monoisotopic (exact) mass is 812 g/mol. The van der Waals surface area contributed by atoms with Crippen molar-refractivity contribution in [1.82, 2.24) is 0 Å². The minimum Gasteiger partial charge on any atom is -0.311 e. The Morgan fingerprint density at radius 2 is 0.714 bits per heavy atom. The number of benzene rings is 9. The van der Waals surface area contributed by atoms with Gasteiger partial charge in [-0.3, -0.25) is 0 Å². The molecule has 1 aliphatic carbocycles. The molecule has 0 spiro atoms. The molecule has 0 heterocycles. The van der Waals surface area contributed by atoms with Crippen LogP contribution in [0.15, 0.2) is 218 Å². The van der Waals surface area contributed by atoms with Crippen molar-refractivity contribution in [2.24, 2.45) is 0 Å². The molecule has 0 N–H and O–H groups in total. The molecule has 0 aromatic heterocycles. The van der Waals surface area contributed by atoms with Crippen molar-refractivity contribution in [3.8, 4) is 22.3 Å². The summed E-state index contributed by atoms with van der Waals surface area (Å²) in [5.74, 6) is 0.381. The lowest BCUT2D eigenvalue weighted by atomic mass is 9.67. The molecular weight excluding hydrogens is 761 g/mol. The van der Waals surface area contributed by atoms with Crippen molar-refractivity contribution in [2.45, 2.75) is 46.0 Å². The topological polar surface area (TPSA) is 6.48 Å². The van der Waals surface area contributed by atoms with Gasteiger partial charge in [0, 0.05) is 34.1 Å². The first kappa shape index (κ1) is 39.7. The minimum absolute atomic E-state index is 0.381. The van der Waals surface area contributed by atoms with E-state index in [0.717, 1.165) is 34.1 Å². The van der Waals surface area contributed by atoms with Gasteiger partial charge in [-0.05, 0) is 161 Å². The van der Waals surface area contributed by atoms with Gasteiger partial charge in [-0.1, -0.05) is 165 Å². The molecule has 0 radical (unpaired) electrons. The van der Waals surface area contributed by atoms with E-state index in [9.17, 15) is 0 Å². The van der Waals surface area contributed by atoms with Crippen molar-refractivity contribution < 1.29 is 0 Å². The van der Waals surface area contributed by atoms with E-state index in [4.69, 9.17) is 0 Å². The number of hydrogen-bond acceptors (Lipinski definition) is 2. The highest BCUT2D eigenvalue weighted by atomic mass is 15.1. The van der Waals surface area contributed by atoms with Crippen LogP contribution in [0.25, 0.3) is 22.3 Å². The Kier molecular flexibility index (Phi) is 10.4. The largest absolute Gasteiger partial charge is 0.311 e. The SMILES string of the molecule is Cc1ccc(-c2cc3c(cc2C)-c2ccc(C)cc2C3(c2ccc(N(c3ccccc3)c3ccccc3)cc2)c2ccc(N(c3ccccc3)c3ccccc3)cc2)c(C(C)C)c1. The third kappa shape index (κ3) is 7.02. The van der Waals surface area contributed by atoms with E-state index in [2.05, 4.69) is 263 Å². The zero-order valence-corrected chi connectivity index (χ0v) is 36.8. The van der Waals surface area contributed by atoms with Crippen molar-refractivity contribution >= 4 is 34.1 Å². The molecule has 2 nitrogen and oxygen atoms in total. The summed E-state index contributed by atoms with van der Waals surface area (Å²) in [6.07, 6.45) is 0. The molecule has 0 aliphatic heterocycles. The Bertz CT molecular complexity index is 2820.